The molecule has 0 aromatic heterocycles. The van der Waals surface area contributed by atoms with Crippen molar-refractivity contribution in [3.63, 3.8) is 0 Å². The van der Waals surface area contributed by atoms with Crippen molar-refractivity contribution in [2.24, 2.45) is 0 Å². The van der Waals surface area contributed by atoms with Crippen LogP contribution in [0.3, 0.4) is 0 Å². The molecule has 2 N–H and O–H groups in total. The van der Waals surface area contributed by atoms with Crippen molar-refractivity contribution in [2.75, 3.05) is 11.9 Å². The Hall–Kier alpha value is -3.63. The van der Waals surface area contributed by atoms with Crippen LogP contribution in [0.4, 0.5) is 23.2 Å². The monoisotopic (exact) mass is 565 g/mol. The van der Waals surface area contributed by atoms with Crippen molar-refractivity contribution < 1.29 is 42.1 Å². The topological polar surface area (TPSA) is 87.1 Å². The van der Waals surface area contributed by atoms with Crippen LogP contribution in [0.25, 0.3) is 11.1 Å². The van der Waals surface area contributed by atoms with Gasteiger partial charge < -0.3 is 19.8 Å². The van der Waals surface area contributed by atoms with Crippen molar-refractivity contribution >= 4 is 29.2 Å². The molecule has 4 rings (SSSR count). The van der Waals surface area contributed by atoms with Crippen LogP contribution >= 0.6 is 11.6 Å². The quantitative estimate of drug-likeness (QED) is 0.343. The number of benzene rings is 3. The summed E-state index contributed by atoms with van der Waals surface area (Å²) in [7, 11) is 1.41. The molecule has 1 heterocycles. The third-order valence-electron chi connectivity index (χ3n) is 7.00. The minimum atomic E-state index is -5.16. The second-order valence-corrected chi connectivity index (χ2v) is 10.3. The molecule has 2 unspecified atom stereocenters. The first-order chi connectivity index (χ1) is 18.0. The van der Waals surface area contributed by atoms with Gasteiger partial charge in [-0.2, -0.15) is 13.2 Å². The first-order valence-electron chi connectivity index (χ1n) is 11.7. The zero-order valence-corrected chi connectivity index (χ0v) is 22.0. The van der Waals surface area contributed by atoms with Gasteiger partial charge in [-0.05, 0) is 66.4 Å². The van der Waals surface area contributed by atoms with Crippen LogP contribution in [0, 0.1) is 5.82 Å². The molecule has 0 fully saturated rings. The minimum absolute atomic E-state index is 0.0394. The van der Waals surface area contributed by atoms with Crippen LogP contribution in [0.5, 0.6) is 5.75 Å². The summed E-state index contributed by atoms with van der Waals surface area (Å²) in [5, 5.41) is 20.2. The van der Waals surface area contributed by atoms with Gasteiger partial charge in [0.15, 0.2) is 11.2 Å². The fraction of sp³-hybridized carbons (Fsp3) is 0.286. The molecule has 39 heavy (non-hydrogen) atoms. The highest BCUT2D eigenvalue weighted by atomic mass is 35.5. The fourth-order valence-electron chi connectivity index (χ4n) is 4.74. The minimum Gasteiger partial charge on any atom is -0.478 e. The Morgan fingerprint density at radius 3 is 2.23 bits per heavy atom. The summed E-state index contributed by atoms with van der Waals surface area (Å²) in [4.78, 5) is 24.9. The van der Waals surface area contributed by atoms with Crippen LogP contribution < -0.4 is 9.64 Å². The van der Waals surface area contributed by atoms with Crippen LogP contribution in [0.2, 0.25) is 5.02 Å². The number of carbonyl (C=O) groups excluding carboxylic acids is 1. The smallest absolute Gasteiger partial charge is 0.422 e. The molecule has 0 saturated carbocycles. The summed E-state index contributed by atoms with van der Waals surface area (Å²) in [5.74, 6) is -4.33. The molecular formula is C28H24ClF4NO5. The molecule has 1 aliphatic rings. The van der Waals surface area contributed by atoms with Gasteiger partial charge in [0.05, 0.1) is 11.3 Å². The number of hydrogen-bond donors (Lipinski definition) is 2. The Morgan fingerprint density at radius 1 is 1.05 bits per heavy atom. The SMILES string of the molecule is CC(c1ccc(-c2ccc(C(=O)O)c(F)c2)cc1Cl)C(O)(c1ccc2c(c1)N(C)C(=O)C(C)(C)O2)C(F)(F)F. The van der Waals surface area contributed by atoms with Gasteiger partial charge in [-0.25, -0.2) is 9.18 Å². The lowest BCUT2D eigenvalue weighted by atomic mass is 9.77. The Balaban J connectivity index is 1.77. The van der Waals surface area contributed by atoms with Gasteiger partial charge >= 0.3 is 12.1 Å². The van der Waals surface area contributed by atoms with E-state index in [9.17, 15) is 32.3 Å². The number of hydrogen-bond acceptors (Lipinski definition) is 4. The number of rotatable bonds is 5. The van der Waals surface area contributed by atoms with E-state index >= 15 is 0 Å². The number of carbonyl (C=O) groups is 2. The summed E-state index contributed by atoms with van der Waals surface area (Å²) in [5.41, 5.74) is -5.07. The Labute approximate surface area is 226 Å². The summed E-state index contributed by atoms with van der Waals surface area (Å²) in [6.45, 7) is 4.25. The molecule has 3 aromatic rings. The van der Waals surface area contributed by atoms with Gasteiger partial charge in [0.25, 0.3) is 5.91 Å². The largest absolute Gasteiger partial charge is 0.478 e. The van der Waals surface area contributed by atoms with E-state index in [2.05, 4.69) is 0 Å². The first kappa shape index (κ1) is 28.4. The molecule has 0 aliphatic carbocycles. The number of anilines is 1. The zero-order valence-electron chi connectivity index (χ0n) is 21.2. The van der Waals surface area contributed by atoms with E-state index in [1.54, 1.807) is 0 Å². The number of ether oxygens (including phenoxy) is 1. The number of nitrogens with zero attached hydrogens (tertiary/aromatic N) is 1. The average Bonchev–Trinajstić information content (AvgIpc) is 2.85. The third-order valence-corrected chi connectivity index (χ3v) is 7.33. The number of aromatic carboxylic acids is 1. The highest BCUT2D eigenvalue weighted by Crippen LogP contribution is 2.52. The standard InChI is InChI=1S/C28H24ClF4NO5/c1-14(18-8-5-15(11-20(18)29)16-6-9-19(24(35)36)21(30)12-16)27(38,28(31,32)33)17-7-10-23-22(13-17)34(4)25(37)26(2,3)39-23/h5-14,38H,1-4H3,(H,35,36). The Morgan fingerprint density at radius 2 is 1.67 bits per heavy atom. The van der Waals surface area contributed by atoms with E-state index < -0.39 is 52.1 Å². The van der Waals surface area contributed by atoms with Crippen molar-refractivity contribution in [1.82, 2.24) is 0 Å². The van der Waals surface area contributed by atoms with Gasteiger partial charge in [-0.1, -0.05) is 42.8 Å². The maximum absolute atomic E-state index is 14.6. The lowest BCUT2D eigenvalue weighted by Gasteiger charge is -2.40. The van der Waals surface area contributed by atoms with Gasteiger partial charge in [0, 0.05) is 18.0 Å². The normalized spacial score (nSPS) is 17.2. The second kappa shape index (κ2) is 9.53. The van der Waals surface area contributed by atoms with Gasteiger partial charge in [0.2, 0.25) is 0 Å². The van der Waals surface area contributed by atoms with E-state index in [0.717, 1.165) is 24.3 Å². The predicted molar refractivity (Wildman–Crippen MR) is 137 cm³/mol. The molecule has 11 heteroatoms. The third kappa shape index (κ3) is 4.72. The summed E-state index contributed by atoms with van der Waals surface area (Å²) < 4.78 is 63.6. The van der Waals surface area contributed by atoms with Crippen molar-refractivity contribution in [3.8, 4) is 16.9 Å². The molecule has 0 radical (unpaired) electrons. The average molecular weight is 566 g/mol. The van der Waals surface area contributed by atoms with Gasteiger partial charge in [-0.3, -0.25) is 4.79 Å². The zero-order chi connectivity index (χ0) is 29.1. The summed E-state index contributed by atoms with van der Waals surface area (Å²) >= 11 is 6.39. The maximum Gasteiger partial charge on any atom is 0.422 e. The lowest BCUT2D eigenvalue weighted by Crippen LogP contribution is -2.51. The molecule has 0 spiro atoms. The number of halogens is 5. The molecule has 2 atom stereocenters. The molecule has 1 aliphatic heterocycles. The first-order valence-corrected chi connectivity index (χ1v) is 12.1. The molecule has 206 valence electrons. The molecule has 0 bridgehead atoms. The number of carboxylic acids is 1. The number of amides is 1. The Bertz CT molecular complexity index is 1490. The van der Waals surface area contributed by atoms with Crippen LogP contribution in [0.1, 0.15) is 48.2 Å². The molecule has 0 saturated heterocycles. The van der Waals surface area contributed by atoms with Gasteiger partial charge in [-0.15, -0.1) is 0 Å². The van der Waals surface area contributed by atoms with Crippen LogP contribution in [-0.4, -0.2) is 40.9 Å². The van der Waals surface area contributed by atoms with E-state index in [0.29, 0.717) is 5.56 Å². The van der Waals surface area contributed by atoms with Crippen molar-refractivity contribution in [3.05, 3.63) is 82.1 Å². The van der Waals surface area contributed by atoms with Crippen LogP contribution in [0.15, 0.2) is 54.6 Å². The van der Waals surface area contributed by atoms with Gasteiger partial charge in [0.1, 0.15) is 11.6 Å². The van der Waals surface area contributed by atoms with Crippen molar-refractivity contribution in [1.29, 1.82) is 0 Å². The highest BCUT2D eigenvalue weighted by molar-refractivity contribution is 6.31. The number of alkyl halides is 3. The van der Waals surface area contributed by atoms with E-state index in [1.807, 2.05) is 0 Å². The highest BCUT2D eigenvalue weighted by Gasteiger charge is 2.59. The second-order valence-electron chi connectivity index (χ2n) is 9.88. The molecule has 3 aromatic carbocycles. The number of carboxylic acid groups (broad SMARTS) is 1. The number of aliphatic hydroxyl groups is 1. The Kier molecular flexibility index (Phi) is 6.94. The predicted octanol–water partition coefficient (Wildman–Crippen LogP) is 6.53. The number of likely N-dealkylation sites (N-methyl/N-ethyl adjacent to an activating group) is 1. The molecular weight excluding hydrogens is 542 g/mol. The summed E-state index contributed by atoms with van der Waals surface area (Å²) in [6, 6.07) is 10.9. The van der Waals surface area contributed by atoms with Crippen molar-refractivity contribution in [2.45, 2.75) is 44.1 Å². The molecule has 6 nitrogen and oxygen atoms in total. The summed E-state index contributed by atoms with van der Waals surface area (Å²) in [6.07, 6.45) is -5.16. The van der Waals surface area contributed by atoms with E-state index in [1.165, 1.54) is 63.1 Å². The number of fused-ring (bicyclic) bond motifs is 1. The van der Waals surface area contributed by atoms with E-state index in [4.69, 9.17) is 21.4 Å². The maximum atomic E-state index is 14.6. The van der Waals surface area contributed by atoms with Crippen LogP contribution in [-0.2, 0) is 10.4 Å². The lowest BCUT2D eigenvalue weighted by molar-refractivity contribution is -0.274. The fourth-order valence-corrected chi connectivity index (χ4v) is 5.09. The van der Waals surface area contributed by atoms with E-state index in [-0.39, 0.29) is 27.6 Å². The molecule has 1 amide bonds.